The van der Waals surface area contributed by atoms with Gasteiger partial charge in [-0.2, -0.15) is 0 Å². The van der Waals surface area contributed by atoms with E-state index in [9.17, 15) is 4.79 Å². The second-order valence-electron chi connectivity index (χ2n) is 5.30. The number of hydrogen-bond donors (Lipinski definition) is 2. The average molecular weight is 226 g/mol. The van der Waals surface area contributed by atoms with Crippen LogP contribution in [0.3, 0.4) is 0 Å². The quantitative estimate of drug-likeness (QED) is 0.729. The highest BCUT2D eigenvalue weighted by Gasteiger charge is 2.34. The van der Waals surface area contributed by atoms with Crippen molar-refractivity contribution in [1.82, 2.24) is 10.6 Å². The van der Waals surface area contributed by atoms with Gasteiger partial charge in [-0.05, 0) is 46.0 Å². The van der Waals surface area contributed by atoms with E-state index in [0.717, 1.165) is 12.8 Å². The predicted octanol–water partition coefficient (Wildman–Crippen LogP) is 2.21. The van der Waals surface area contributed by atoms with Gasteiger partial charge < -0.3 is 10.6 Å². The molecule has 0 spiro atoms. The zero-order valence-corrected chi connectivity index (χ0v) is 11.1. The third-order valence-electron chi connectivity index (χ3n) is 3.75. The fourth-order valence-electron chi connectivity index (χ4n) is 2.26. The second-order valence-corrected chi connectivity index (χ2v) is 5.30. The van der Waals surface area contributed by atoms with Gasteiger partial charge in [0.25, 0.3) is 0 Å². The number of carbonyl (C=O) groups excluding carboxylic acids is 1. The van der Waals surface area contributed by atoms with Crippen molar-refractivity contribution >= 4 is 5.91 Å². The van der Waals surface area contributed by atoms with Crippen LogP contribution in [-0.4, -0.2) is 23.5 Å². The highest BCUT2D eigenvalue weighted by Crippen LogP contribution is 2.31. The molecule has 1 aliphatic rings. The van der Waals surface area contributed by atoms with Crippen LogP contribution in [0.5, 0.6) is 0 Å². The molecule has 1 amide bonds. The number of nitrogens with one attached hydrogen (secondary N) is 2. The Morgan fingerprint density at radius 2 is 1.88 bits per heavy atom. The van der Waals surface area contributed by atoms with E-state index >= 15 is 0 Å². The first-order valence-electron chi connectivity index (χ1n) is 6.59. The van der Waals surface area contributed by atoms with E-state index in [0.29, 0.717) is 6.04 Å². The molecule has 0 aromatic carbocycles. The van der Waals surface area contributed by atoms with E-state index in [2.05, 4.69) is 31.4 Å². The molecular formula is C13H26N2O. The third-order valence-corrected chi connectivity index (χ3v) is 3.75. The first-order valence-corrected chi connectivity index (χ1v) is 6.59. The number of hydrogen-bond acceptors (Lipinski definition) is 2. The fourth-order valence-corrected chi connectivity index (χ4v) is 2.26. The lowest BCUT2D eigenvalue weighted by Gasteiger charge is -2.41. The lowest BCUT2D eigenvalue weighted by atomic mass is 9.78. The summed E-state index contributed by atoms with van der Waals surface area (Å²) >= 11 is 0. The molecule has 0 aromatic heterocycles. The summed E-state index contributed by atoms with van der Waals surface area (Å²) < 4.78 is 0. The standard InChI is InChI=1S/C13H26N2O/c1-5-11(6-2)14-12(16)10(3)15-13(4)8-7-9-13/h10-11,15H,5-9H2,1-4H3,(H,14,16). The molecule has 16 heavy (non-hydrogen) atoms. The molecule has 0 aromatic rings. The van der Waals surface area contributed by atoms with E-state index in [4.69, 9.17) is 0 Å². The topological polar surface area (TPSA) is 41.1 Å². The van der Waals surface area contributed by atoms with Gasteiger partial charge in [0.2, 0.25) is 5.91 Å². The van der Waals surface area contributed by atoms with Crippen LogP contribution in [0.15, 0.2) is 0 Å². The van der Waals surface area contributed by atoms with Crippen molar-refractivity contribution in [2.75, 3.05) is 0 Å². The van der Waals surface area contributed by atoms with Crippen molar-refractivity contribution in [3.05, 3.63) is 0 Å². The van der Waals surface area contributed by atoms with Crippen molar-refractivity contribution in [3.63, 3.8) is 0 Å². The molecular weight excluding hydrogens is 200 g/mol. The Labute approximate surface area is 99.4 Å². The van der Waals surface area contributed by atoms with Crippen molar-refractivity contribution in [2.45, 2.75) is 77.4 Å². The number of rotatable bonds is 6. The summed E-state index contributed by atoms with van der Waals surface area (Å²) in [4.78, 5) is 11.9. The number of carbonyl (C=O) groups is 1. The molecule has 1 atom stereocenters. The van der Waals surface area contributed by atoms with Crippen LogP contribution in [0.4, 0.5) is 0 Å². The predicted molar refractivity (Wildman–Crippen MR) is 67.4 cm³/mol. The van der Waals surface area contributed by atoms with Gasteiger partial charge >= 0.3 is 0 Å². The maximum atomic E-state index is 11.9. The lowest BCUT2D eigenvalue weighted by Crippen LogP contribution is -2.57. The Kier molecular flexibility index (Phi) is 4.78. The van der Waals surface area contributed by atoms with Crippen LogP contribution in [-0.2, 0) is 4.79 Å². The minimum atomic E-state index is -0.0779. The molecule has 0 bridgehead atoms. The van der Waals surface area contributed by atoms with Crippen LogP contribution in [0.1, 0.15) is 59.8 Å². The molecule has 1 rings (SSSR count). The van der Waals surface area contributed by atoms with E-state index in [1.807, 2.05) is 6.92 Å². The van der Waals surface area contributed by atoms with E-state index in [1.54, 1.807) is 0 Å². The van der Waals surface area contributed by atoms with Crippen molar-refractivity contribution in [3.8, 4) is 0 Å². The Morgan fingerprint density at radius 1 is 1.31 bits per heavy atom. The van der Waals surface area contributed by atoms with Gasteiger partial charge in [-0.15, -0.1) is 0 Å². The van der Waals surface area contributed by atoms with Crippen LogP contribution >= 0.6 is 0 Å². The Morgan fingerprint density at radius 3 is 2.25 bits per heavy atom. The summed E-state index contributed by atoms with van der Waals surface area (Å²) in [7, 11) is 0. The third kappa shape index (κ3) is 3.48. The first-order chi connectivity index (χ1) is 7.50. The van der Waals surface area contributed by atoms with Gasteiger partial charge in [-0.3, -0.25) is 4.79 Å². The average Bonchev–Trinajstić information content (AvgIpc) is 2.23. The summed E-state index contributed by atoms with van der Waals surface area (Å²) in [5, 5.41) is 6.52. The molecule has 3 heteroatoms. The fraction of sp³-hybridized carbons (Fsp3) is 0.923. The lowest BCUT2D eigenvalue weighted by molar-refractivity contribution is -0.124. The molecule has 0 saturated heterocycles. The summed E-state index contributed by atoms with van der Waals surface area (Å²) in [6.07, 6.45) is 5.67. The van der Waals surface area contributed by atoms with Gasteiger partial charge in [-0.1, -0.05) is 13.8 Å². The maximum absolute atomic E-state index is 11.9. The second kappa shape index (κ2) is 5.67. The zero-order chi connectivity index (χ0) is 12.2. The van der Waals surface area contributed by atoms with E-state index in [1.165, 1.54) is 19.3 Å². The monoisotopic (exact) mass is 226 g/mol. The van der Waals surface area contributed by atoms with E-state index in [-0.39, 0.29) is 17.5 Å². The van der Waals surface area contributed by atoms with Gasteiger partial charge in [0.05, 0.1) is 6.04 Å². The molecule has 0 aliphatic heterocycles. The normalized spacial score (nSPS) is 20.3. The van der Waals surface area contributed by atoms with E-state index < -0.39 is 0 Å². The maximum Gasteiger partial charge on any atom is 0.237 e. The molecule has 0 heterocycles. The summed E-state index contributed by atoms with van der Waals surface area (Å²) in [6, 6.07) is 0.247. The molecule has 2 N–H and O–H groups in total. The highest BCUT2D eigenvalue weighted by molar-refractivity contribution is 5.81. The van der Waals surface area contributed by atoms with Crippen LogP contribution in [0.2, 0.25) is 0 Å². The number of amides is 1. The smallest absolute Gasteiger partial charge is 0.237 e. The largest absolute Gasteiger partial charge is 0.352 e. The minimum absolute atomic E-state index is 0.0779. The summed E-state index contributed by atoms with van der Waals surface area (Å²) in [5.41, 5.74) is 0.199. The highest BCUT2D eigenvalue weighted by atomic mass is 16.2. The molecule has 1 saturated carbocycles. The van der Waals surface area contributed by atoms with Crippen molar-refractivity contribution in [1.29, 1.82) is 0 Å². The van der Waals surface area contributed by atoms with Crippen LogP contribution in [0.25, 0.3) is 0 Å². The van der Waals surface area contributed by atoms with Crippen molar-refractivity contribution in [2.24, 2.45) is 0 Å². The zero-order valence-electron chi connectivity index (χ0n) is 11.1. The van der Waals surface area contributed by atoms with Gasteiger partial charge in [0.15, 0.2) is 0 Å². The molecule has 3 nitrogen and oxygen atoms in total. The molecule has 1 fully saturated rings. The molecule has 1 aliphatic carbocycles. The molecule has 1 unspecified atom stereocenters. The van der Waals surface area contributed by atoms with Gasteiger partial charge in [0.1, 0.15) is 0 Å². The summed E-state index contributed by atoms with van der Waals surface area (Å²) in [6.45, 7) is 8.39. The Balaban J connectivity index is 2.35. The molecule has 0 radical (unpaired) electrons. The van der Waals surface area contributed by atoms with Gasteiger partial charge in [0, 0.05) is 11.6 Å². The van der Waals surface area contributed by atoms with Crippen molar-refractivity contribution < 1.29 is 4.79 Å². The van der Waals surface area contributed by atoms with Gasteiger partial charge in [-0.25, -0.2) is 0 Å². The summed E-state index contributed by atoms with van der Waals surface area (Å²) in [5.74, 6) is 0.141. The first kappa shape index (κ1) is 13.5. The Hall–Kier alpha value is -0.570. The molecule has 94 valence electrons. The van der Waals surface area contributed by atoms with Crippen LogP contribution < -0.4 is 10.6 Å². The Bertz CT molecular complexity index is 232. The van der Waals surface area contributed by atoms with Crippen LogP contribution in [0, 0.1) is 0 Å². The minimum Gasteiger partial charge on any atom is -0.352 e. The SMILES string of the molecule is CCC(CC)NC(=O)C(C)NC1(C)CCC1.